The number of aliphatic hydroxyl groups excluding tert-OH is 1. The van der Waals surface area contributed by atoms with Crippen molar-refractivity contribution in [3.8, 4) is 0 Å². The Morgan fingerprint density at radius 3 is 2.78 bits per heavy atom. The smallest absolute Gasteiger partial charge is 0.0940 e. The lowest BCUT2D eigenvalue weighted by Crippen LogP contribution is -2.33. The molecule has 1 heterocycles. The Bertz CT molecular complexity index is 463. The van der Waals surface area contributed by atoms with E-state index in [1.807, 2.05) is 11.8 Å². The van der Waals surface area contributed by atoms with Gasteiger partial charge in [0.25, 0.3) is 0 Å². The predicted octanol–water partition coefficient (Wildman–Crippen LogP) is 5.10. The van der Waals surface area contributed by atoms with Crippen LogP contribution < -0.4 is 5.32 Å². The van der Waals surface area contributed by atoms with Gasteiger partial charge in [0.1, 0.15) is 0 Å². The summed E-state index contributed by atoms with van der Waals surface area (Å²) in [6, 6.07) is 6.62. The molecule has 0 fully saturated rings. The third-order valence-electron chi connectivity index (χ3n) is 4.74. The van der Waals surface area contributed by atoms with Crippen LogP contribution in [0.5, 0.6) is 0 Å². The van der Waals surface area contributed by atoms with Crippen molar-refractivity contribution in [3.05, 3.63) is 29.3 Å². The fourth-order valence-corrected chi connectivity index (χ4v) is 4.22. The van der Waals surface area contributed by atoms with Gasteiger partial charge in [0.05, 0.1) is 6.10 Å². The molecule has 0 amide bonds. The zero-order valence-electron chi connectivity index (χ0n) is 14.8. The minimum atomic E-state index is -0.410. The molecular formula is C20H33NOS. The molecule has 2 atom stereocenters. The summed E-state index contributed by atoms with van der Waals surface area (Å²) in [6.45, 7) is 5.35. The Hall–Kier alpha value is -0.510. The molecule has 1 aromatic carbocycles. The van der Waals surface area contributed by atoms with Crippen molar-refractivity contribution in [2.24, 2.45) is 0 Å². The average molecular weight is 336 g/mol. The molecule has 2 N–H and O–H groups in total. The van der Waals surface area contributed by atoms with E-state index in [2.05, 4.69) is 37.4 Å². The van der Waals surface area contributed by atoms with Crippen LogP contribution in [0.1, 0.15) is 76.0 Å². The minimum absolute atomic E-state index is 0.111. The van der Waals surface area contributed by atoms with Gasteiger partial charge in [0.15, 0.2) is 0 Å². The first-order valence-corrected chi connectivity index (χ1v) is 10.4. The molecule has 0 spiro atoms. The van der Waals surface area contributed by atoms with Crippen LogP contribution in [0.15, 0.2) is 23.1 Å². The highest BCUT2D eigenvalue weighted by Crippen LogP contribution is 2.32. The number of unbranched alkanes of at least 4 members (excludes halogenated alkanes) is 5. The molecule has 0 bridgehead atoms. The summed E-state index contributed by atoms with van der Waals surface area (Å²) in [5.74, 6) is 1.23. The van der Waals surface area contributed by atoms with Crippen LogP contribution in [0.2, 0.25) is 0 Å². The van der Waals surface area contributed by atoms with Gasteiger partial charge >= 0.3 is 0 Å². The molecule has 130 valence electrons. The second-order valence-corrected chi connectivity index (χ2v) is 7.91. The number of nitrogens with one attached hydrogen (secondary N) is 1. The predicted molar refractivity (Wildman–Crippen MR) is 101 cm³/mol. The summed E-state index contributed by atoms with van der Waals surface area (Å²) in [5, 5.41) is 14.1. The van der Waals surface area contributed by atoms with Crippen molar-refractivity contribution in [3.63, 3.8) is 0 Å². The van der Waals surface area contributed by atoms with Crippen molar-refractivity contribution in [2.75, 3.05) is 12.3 Å². The number of benzene rings is 1. The third kappa shape index (κ3) is 6.13. The number of aliphatic hydroxyl groups is 1. The normalized spacial score (nSPS) is 16.8. The monoisotopic (exact) mass is 335 g/mol. The van der Waals surface area contributed by atoms with Crippen LogP contribution in [0.3, 0.4) is 0 Å². The number of hydrogen-bond acceptors (Lipinski definition) is 3. The van der Waals surface area contributed by atoms with Gasteiger partial charge in [-0.05, 0) is 55.7 Å². The van der Waals surface area contributed by atoms with E-state index in [9.17, 15) is 5.11 Å². The maximum atomic E-state index is 10.6. The average Bonchev–Trinajstić information content (AvgIpc) is 2.59. The maximum absolute atomic E-state index is 10.6. The van der Waals surface area contributed by atoms with E-state index in [0.29, 0.717) is 0 Å². The molecule has 3 heteroatoms. The van der Waals surface area contributed by atoms with E-state index < -0.39 is 6.10 Å². The van der Waals surface area contributed by atoms with E-state index in [-0.39, 0.29) is 6.04 Å². The van der Waals surface area contributed by atoms with E-state index in [1.54, 1.807) is 0 Å². The topological polar surface area (TPSA) is 32.3 Å². The molecule has 0 saturated carbocycles. The Morgan fingerprint density at radius 1 is 1.17 bits per heavy atom. The lowest BCUT2D eigenvalue weighted by atomic mass is 9.99. The van der Waals surface area contributed by atoms with Gasteiger partial charge < -0.3 is 10.4 Å². The third-order valence-corrected chi connectivity index (χ3v) is 5.95. The number of rotatable bonds is 10. The second-order valence-electron chi connectivity index (χ2n) is 6.77. The summed E-state index contributed by atoms with van der Waals surface area (Å²) in [4.78, 5) is 1.40. The Balaban J connectivity index is 1.73. The number of fused-ring (bicyclic) bond motifs is 1. The van der Waals surface area contributed by atoms with Gasteiger partial charge in [-0.1, -0.05) is 51.2 Å². The fraction of sp³-hybridized carbons (Fsp3) is 0.700. The summed E-state index contributed by atoms with van der Waals surface area (Å²) in [6.07, 6.45) is 9.88. The van der Waals surface area contributed by atoms with Crippen molar-refractivity contribution in [1.82, 2.24) is 5.32 Å². The van der Waals surface area contributed by atoms with Gasteiger partial charge in [0, 0.05) is 10.9 Å². The highest BCUT2D eigenvalue weighted by molar-refractivity contribution is 7.99. The molecule has 0 aromatic heterocycles. The first kappa shape index (κ1) is 18.8. The largest absolute Gasteiger partial charge is 0.387 e. The zero-order chi connectivity index (χ0) is 16.5. The first-order chi connectivity index (χ1) is 11.2. The number of thioether (sulfide) groups is 1. The number of aryl methyl sites for hydroxylation is 1. The van der Waals surface area contributed by atoms with Gasteiger partial charge in [-0.25, -0.2) is 0 Å². The minimum Gasteiger partial charge on any atom is -0.387 e. The molecule has 2 rings (SSSR count). The molecule has 1 aliphatic rings. The fourth-order valence-electron chi connectivity index (χ4n) is 3.20. The lowest BCUT2D eigenvalue weighted by molar-refractivity contribution is 0.136. The molecule has 2 nitrogen and oxygen atoms in total. The van der Waals surface area contributed by atoms with Crippen LogP contribution in [0.25, 0.3) is 0 Å². The molecular weight excluding hydrogens is 302 g/mol. The van der Waals surface area contributed by atoms with Gasteiger partial charge in [-0.15, -0.1) is 11.8 Å². The van der Waals surface area contributed by atoms with Gasteiger partial charge in [-0.3, -0.25) is 0 Å². The van der Waals surface area contributed by atoms with E-state index in [1.165, 1.54) is 61.2 Å². The highest BCUT2D eigenvalue weighted by Gasteiger charge is 2.18. The van der Waals surface area contributed by atoms with Crippen LogP contribution in [-0.4, -0.2) is 23.4 Å². The van der Waals surface area contributed by atoms with Crippen LogP contribution in [-0.2, 0) is 6.42 Å². The summed E-state index contributed by atoms with van der Waals surface area (Å²) >= 11 is 1.95. The molecule has 1 aromatic rings. The van der Waals surface area contributed by atoms with E-state index >= 15 is 0 Å². The highest BCUT2D eigenvalue weighted by atomic mass is 32.2. The van der Waals surface area contributed by atoms with Crippen LogP contribution in [0, 0.1) is 0 Å². The molecule has 0 saturated heterocycles. The maximum Gasteiger partial charge on any atom is 0.0940 e. The Kier molecular flexibility index (Phi) is 8.49. The zero-order valence-corrected chi connectivity index (χ0v) is 15.6. The SMILES string of the molecule is CCCCCCCCN[C@H](C)C(O)c1ccc2c(c1)CCCS2. The second kappa shape index (κ2) is 10.4. The molecule has 1 aliphatic heterocycles. The van der Waals surface area contributed by atoms with E-state index in [0.717, 1.165) is 18.5 Å². The van der Waals surface area contributed by atoms with Crippen molar-refractivity contribution in [1.29, 1.82) is 0 Å². The van der Waals surface area contributed by atoms with Gasteiger partial charge in [-0.2, -0.15) is 0 Å². The quantitative estimate of drug-likeness (QED) is 0.584. The first-order valence-electron chi connectivity index (χ1n) is 9.39. The van der Waals surface area contributed by atoms with Gasteiger partial charge in [0.2, 0.25) is 0 Å². The van der Waals surface area contributed by atoms with Crippen LogP contribution in [0.4, 0.5) is 0 Å². The molecule has 0 radical (unpaired) electrons. The lowest BCUT2D eigenvalue weighted by Gasteiger charge is -2.23. The Morgan fingerprint density at radius 2 is 1.96 bits per heavy atom. The molecule has 23 heavy (non-hydrogen) atoms. The Labute approximate surface area is 146 Å². The van der Waals surface area contributed by atoms with Crippen molar-refractivity contribution in [2.45, 2.75) is 82.3 Å². The summed E-state index contributed by atoms with van der Waals surface area (Å²) in [7, 11) is 0. The summed E-state index contributed by atoms with van der Waals surface area (Å²) in [5.41, 5.74) is 2.48. The van der Waals surface area contributed by atoms with E-state index in [4.69, 9.17) is 0 Å². The van der Waals surface area contributed by atoms with Crippen molar-refractivity contribution < 1.29 is 5.11 Å². The molecule has 0 aliphatic carbocycles. The standard InChI is InChI=1S/C20H33NOS/c1-3-4-5-6-7-8-13-21-16(2)20(22)18-11-12-19-17(15-18)10-9-14-23-19/h11-12,15-16,20-22H,3-10,13-14H2,1-2H3/t16-,20?/m1/s1. The van der Waals surface area contributed by atoms with Crippen molar-refractivity contribution >= 4 is 11.8 Å². The van der Waals surface area contributed by atoms with Crippen LogP contribution >= 0.6 is 11.8 Å². The summed E-state index contributed by atoms with van der Waals surface area (Å²) < 4.78 is 0. The number of hydrogen-bond donors (Lipinski definition) is 2. The molecule has 1 unspecified atom stereocenters.